The van der Waals surface area contributed by atoms with Crippen molar-refractivity contribution >= 4 is 5.91 Å². The van der Waals surface area contributed by atoms with Gasteiger partial charge in [0.25, 0.3) is 5.91 Å². The Labute approximate surface area is 118 Å². The van der Waals surface area contributed by atoms with Crippen molar-refractivity contribution in [1.29, 1.82) is 0 Å². The maximum Gasteiger partial charge on any atom is 0.250 e. The van der Waals surface area contributed by atoms with Gasteiger partial charge in [0.15, 0.2) is 0 Å². The number of ether oxygens (including phenoxy) is 3. The van der Waals surface area contributed by atoms with Crippen LogP contribution in [0.3, 0.4) is 0 Å². The largest absolute Gasteiger partial charge is 0.497 e. The number of hydrogen-bond acceptors (Lipinski definition) is 5. The van der Waals surface area contributed by atoms with Gasteiger partial charge >= 0.3 is 0 Å². The molecule has 0 saturated carbocycles. The van der Waals surface area contributed by atoms with Gasteiger partial charge in [-0.15, -0.1) is 0 Å². The van der Waals surface area contributed by atoms with Crippen LogP contribution in [0, 0.1) is 0 Å². The number of amides is 1. The molecule has 1 aromatic rings. The van der Waals surface area contributed by atoms with Crippen LogP contribution in [-0.2, 0) is 9.53 Å². The van der Waals surface area contributed by atoms with Crippen molar-refractivity contribution in [3.63, 3.8) is 0 Å². The minimum atomic E-state index is -0.398. The van der Waals surface area contributed by atoms with Crippen LogP contribution in [0.15, 0.2) is 24.3 Å². The zero-order valence-electron chi connectivity index (χ0n) is 11.6. The van der Waals surface area contributed by atoms with Gasteiger partial charge in [-0.3, -0.25) is 4.79 Å². The fraction of sp³-hybridized carbons (Fsp3) is 0.500. The average molecular weight is 280 g/mol. The summed E-state index contributed by atoms with van der Waals surface area (Å²) in [7, 11) is 1.62. The second-order valence-corrected chi connectivity index (χ2v) is 4.38. The molecule has 1 saturated heterocycles. The summed E-state index contributed by atoms with van der Waals surface area (Å²) in [6, 6.07) is 7.31. The predicted octanol–water partition coefficient (Wildman–Crippen LogP) is 0.179. The van der Waals surface area contributed by atoms with Gasteiger partial charge < -0.3 is 24.8 Å². The number of carbonyl (C=O) groups excluding carboxylic acids is 1. The van der Waals surface area contributed by atoms with Gasteiger partial charge in [-0.2, -0.15) is 0 Å². The number of carbonyl (C=O) groups is 1. The van der Waals surface area contributed by atoms with Crippen molar-refractivity contribution in [3.05, 3.63) is 24.3 Å². The van der Waals surface area contributed by atoms with Crippen LogP contribution < -0.4 is 20.1 Å². The molecule has 0 aliphatic carbocycles. The van der Waals surface area contributed by atoms with E-state index in [0.717, 1.165) is 18.0 Å². The molecular formula is C14H20N2O4. The van der Waals surface area contributed by atoms with E-state index in [9.17, 15) is 4.79 Å². The molecule has 1 aromatic carbocycles. The predicted molar refractivity (Wildman–Crippen MR) is 74.1 cm³/mol. The van der Waals surface area contributed by atoms with E-state index in [1.54, 1.807) is 7.11 Å². The molecule has 0 aromatic heterocycles. The number of rotatable bonds is 6. The van der Waals surface area contributed by atoms with Gasteiger partial charge in [-0.25, -0.2) is 0 Å². The lowest BCUT2D eigenvalue weighted by Crippen LogP contribution is -2.48. The zero-order chi connectivity index (χ0) is 14.2. The van der Waals surface area contributed by atoms with Crippen LogP contribution in [0.4, 0.5) is 0 Å². The molecule has 110 valence electrons. The fourth-order valence-electron chi connectivity index (χ4n) is 1.86. The Morgan fingerprint density at radius 2 is 2.15 bits per heavy atom. The smallest absolute Gasteiger partial charge is 0.250 e. The molecule has 0 bridgehead atoms. The Morgan fingerprint density at radius 1 is 1.40 bits per heavy atom. The number of hydrogen-bond donors (Lipinski definition) is 2. The van der Waals surface area contributed by atoms with Gasteiger partial charge in [0.05, 0.1) is 20.3 Å². The van der Waals surface area contributed by atoms with Crippen LogP contribution >= 0.6 is 0 Å². The third kappa shape index (κ3) is 4.40. The lowest BCUT2D eigenvalue weighted by Gasteiger charge is -2.22. The molecule has 1 aliphatic heterocycles. The first-order valence-electron chi connectivity index (χ1n) is 6.66. The topological polar surface area (TPSA) is 68.8 Å². The van der Waals surface area contributed by atoms with E-state index in [0.29, 0.717) is 26.3 Å². The highest BCUT2D eigenvalue weighted by Gasteiger charge is 2.20. The molecule has 0 radical (unpaired) electrons. The monoisotopic (exact) mass is 280 g/mol. The normalized spacial score (nSPS) is 18.4. The van der Waals surface area contributed by atoms with Gasteiger partial charge in [0.2, 0.25) is 0 Å². The van der Waals surface area contributed by atoms with Crippen molar-refractivity contribution in [2.24, 2.45) is 0 Å². The van der Waals surface area contributed by atoms with Gasteiger partial charge in [0, 0.05) is 13.1 Å². The third-order valence-electron chi connectivity index (χ3n) is 2.95. The Bertz CT molecular complexity index is 416. The van der Waals surface area contributed by atoms with E-state index >= 15 is 0 Å². The van der Waals surface area contributed by atoms with Gasteiger partial charge in [0.1, 0.15) is 24.2 Å². The number of nitrogens with one attached hydrogen (secondary N) is 2. The molecule has 0 spiro atoms. The van der Waals surface area contributed by atoms with Gasteiger partial charge in [-0.1, -0.05) is 0 Å². The minimum Gasteiger partial charge on any atom is -0.497 e. The lowest BCUT2D eigenvalue weighted by atomic mass is 10.3. The maximum absolute atomic E-state index is 11.7. The third-order valence-corrected chi connectivity index (χ3v) is 2.95. The van der Waals surface area contributed by atoms with E-state index in [1.807, 2.05) is 24.3 Å². The van der Waals surface area contributed by atoms with Crippen molar-refractivity contribution < 1.29 is 19.0 Å². The van der Waals surface area contributed by atoms with E-state index in [4.69, 9.17) is 14.2 Å². The molecule has 6 heteroatoms. The SMILES string of the molecule is COc1ccc(OCCNC(=O)C2CNCCO2)cc1. The van der Waals surface area contributed by atoms with Crippen molar-refractivity contribution in [1.82, 2.24) is 10.6 Å². The Balaban J connectivity index is 1.64. The Kier molecular flexibility index (Phi) is 5.64. The molecule has 1 atom stereocenters. The Morgan fingerprint density at radius 3 is 2.80 bits per heavy atom. The summed E-state index contributed by atoms with van der Waals surface area (Å²) < 4.78 is 15.9. The first-order chi connectivity index (χ1) is 9.79. The average Bonchev–Trinajstić information content (AvgIpc) is 2.53. The van der Waals surface area contributed by atoms with Crippen LogP contribution in [0.1, 0.15) is 0 Å². The summed E-state index contributed by atoms with van der Waals surface area (Å²) in [6.07, 6.45) is -0.398. The fourth-order valence-corrected chi connectivity index (χ4v) is 1.86. The van der Waals surface area contributed by atoms with Crippen LogP contribution in [-0.4, -0.2) is 52.0 Å². The molecule has 1 amide bonds. The number of methoxy groups -OCH3 is 1. The van der Waals surface area contributed by atoms with E-state index in [2.05, 4.69) is 10.6 Å². The summed E-state index contributed by atoms with van der Waals surface area (Å²) in [4.78, 5) is 11.7. The quantitative estimate of drug-likeness (QED) is 0.728. The molecule has 20 heavy (non-hydrogen) atoms. The van der Waals surface area contributed by atoms with Crippen LogP contribution in [0.2, 0.25) is 0 Å². The molecular weight excluding hydrogens is 260 g/mol. The Hall–Kier alpha value is -1.79. The summed E-state index contributed by atoms with van der Waals surface area (Å²) in [5, 5.41) is 5.91. The molecule has 1 fully saturated rings. The second kappa shape index (κ2) is 7.72. The zero-order valence-corrected chi connectivity index (χ0v) is 11.6. The summed E-state index contributed by atoms with van der Waals surface area (Å²) in [6.45, 7) is 2.79. The standard InChI is InChI=1S/C14H20N2O4/c1-18-11-2-4-12(5-3-11)19-9-7-16-14(17)13-10-15-6-8-20-13/h2-5,13,15H,6-10H2,1H3,(H,16,17). The minimum absolute atomic E-state index is 0.101. The molecule has 1 unspecified atom stereocenters. The van der Waals surface area contributed by atoms with Crippen molar-refractivity contribution in [2.45, 2.75) is 6.10 Å². The molecule has 2 N–H and O–H groups in total. The number of benzene rings is 1. The van der Waals surface area contributed by atoms with Crippen molar-refractivity contribution in [3.8, 4) is 11.5 Å². The molecule has 2 rings (SSSR count). The lowest BCUT2D eigenvalue weighted by molar-refractivity contribution is -0.134. The summed E-state index contributed by atoms with van der Waals surface area (Å²) in [5.74, 6) is 1.43. The maximum atomic E-state index is 11.7. The van der Waals surface area contributed by atoms with Crippen LogP contribution in [0.25, 0.3) is 0 Å². The number of morpholine rings is 1. The summed E-state index contributed by atoms with van der Waals surface area (Å²) in [5.41, 5.74) is 0. The first kappa shape index (κ1) is 14.6. The van der Waals surface area contributed by atoms with Crippen molar-refractivity contribution in [2.75, 3.05) is 40.0 Å². The van der Waals surface area contributed by atoms with Gasteiger partial charge in [-0.05, 0) is 24.3 Å². The highest BCUT2D eigenvalue weighted by molar-refractivity contribution is 5.81. The van der Waals surface area contributed by atoms with E-state index < -0.39 is 6.10 Å². The summed E-state index contributed by atoms with van der Waals surface area (Å²) >= 11 is 0. The highest BCUT2D eigenvalue weighted by Crippen LogP contribution is 2.16. The van der Waals surface area contributed by atoms with Crippen LogP contribution in [0.5, 0.6) is 11.5 Å². The molecule has 6 nitrogen and oxygen atoms in total. The second-order valence-electron chi connectivity index (χ2n) is 4.38. The van der Waals surface area contributed by atoms with E-state index in [-0.39, 0.29) is 5.91 Å². The first-order valence-corrected chi connectivity index (χ1v) is 6.66. The highest BCUT2D eigenvalue weighted by atomic mass is 16.5. The molecule has 1 aliphatic rings. The van der Waals surface area contributed by atoms with E-state index in [1.165, 1.54) is 0 Å². The molecule has 1 heterocycles.